The number of hydrogen-bond acceptors (Lipinski definition) is 26. The van der Waals surface area contributed by atoms with Gasteiger partial charge in [-0.25, -0.2) is 49.8 Å². The first-order valence-corrected chi connectivity index (χ1v) is 37.0. The Morgan fingerprint density at radius 3 is 1.43 bits per heavy atom. The molecular weight excluding hydrogens is 1490 g/mol. The van der Waals surface area contributed by atoms with E-state index in [1.54, 1.807) is 24.8 Å². The van der Waals surface area contributed by atoms with E-state index in [0.717, 1.165) is 133 Å². The summed E-state index contributed by atoms with van der Waals surface area (Å²) in [4.78, 5) is 48.1. The maximum Gasteiger partial charge on any atom is 0.231 e. The third-order valence-electron chi connectivity index (χ3n) is 17.2. The van der Waals surface area contributed by atoms with Gasteiger partial charge in [0, 0.05) is 55.5 Å². The van der Waals surface area contributed by atoms with Gasteiger partial charge in [-0.05, 0) is 126 Å². The molecule has 111 heavy (non-hydrogen) atoms. The largest absolute Gasteiger partial charge is 0.488 e. The molecule has 2 aromatic carbocycles. The molecule has 1 aliphatic rings. The number of nitrogen functional groups attached to an aromatic ring is 1. The van der Waals surface area contributed by atoms with Crippen LogP contribution in [0.1, 0.15) is 151 Å². The van der Waals surface area contributed by atoms with Crippen molar-refractivity contribution in [1.82, 2.24) is 63.6 Å². The van der Waals surface area contributed by atoms with Crippen molar-refractivity contribution in [2.24, 2.45) is 0 Å². The van der Waals surface area contributed by atoms with Crippen LogP contribution in [0.15, 0.2) is 141 Å². The number of unbranched alkanes of at least 4 members (excludes halogenated alkanes) is 2. The van der Waals surface area contributed by atoms with Gasteiger partial charge in [-0.15, -0.1) is 0 Å². The van der Waals surface area contributed by atoms with E-state index in [0.29, 0.717) is 103 Å². The molecule has 32 heteroatoms. The lowest BCUT2D eigenvalue weighted by Crippen LogP contribution is -2.25. The Balaban J connectivity index is 0.000000262. The number of aryl methyl sites for hydroxylation is 4. The standard InChI is InChI=1S/C21H26N4O2.C20H27N5O2.C19H25N5O2.C19H26N4O4.4H2S/c1-3-4-8-17(13-26)25-21-20(12-22-15(2)23-21)27-14-18-11-10-16-7-5-6-9-19(16)24-18;1-3-4-7-16(9-11-26)24-20-18(12-21-15(2)22-20)27-14-17-13-25-10-6-5-8-19(25)23-17;1-3-6-15(8-10-25)23-19-17(11-20-14(2)21-19)26-13-16-12-24-9-5-4-7-18(24)22-16;1-2-4-14(11-24)22-18-17(10-21-19(20)23-18)25-8-3-5-13-6-7-15-16(9-13)27-12-26-15;;;;/h5-7,9-12,17,26H,3-4,8,13-14H2,1-2H3,(H,22,23,25);5-6,8,10,12-13,16,26H,3-4,7,9,11,14H2,1-2H3,(H,21,22,24);4-5,7,9,11-12,15,25H,3,6,8,10,13H2,1-2H3,(H,20,21,23);6-7,9-10,14,24H,2-5,8,11-12H2,1H3,(H3,20,21,22,23);4*1H2/t17-;16-;15-;14-;;;;/m0000..../s1. The maximum atomic E-state index is 9.63. The quantitative estimate of drug-likeness (QED) is 0.0162. The second kappa shape index (κ2) is 49.8. The van der Waals surface area contributed by atoms with Crippen LogP contribution in [-0.4, -0.2) is 148 Å². The molecule has 0 spiro atoms. The average molecular weight is 1600 g/mol. The molecule has 0 saturated carbocycles. The van der Waals surface area contributed by atoms with Crippen LogP contribution in [0.2, 0.25) is 0 Å². The Kier molecular flexibility index (Phi) is 41.3. The Bertz CT molecular complexity index is 4420. The molecular formula is C79H112N18O10S4. The molecule has 9 aromatic heterocycles. The number of nitrogens with zero attached hydrogens (tertiary/aromatic N) is 13. The summed E-state index contributed by atoms with van der Waals surface area (Å²) in [5.74, 6) is 8.47. The molecule has 10 N–H and O–H groups in total. The van der Waals surface area contributed by atoms with Gasteiger partial charge < -0.3 is 84.6 Å². The second-order valence-electron chi connectivity index (χ2n) is 25.8. The van der Waals surface area contributed by atoms with Gasteiger partial charge in [-0.1, -0.05) is 109 Å². The topological polar surface area (TPSA) is 361 Å². The lowest BCUT2D eigenvalue weighted by molar-refractivity contribution is 0.174. The first-order chi connectivity index (χ1) is 52.3. The summed E-state index contributed by atoms with van der Waals surface area (Å²) in [5.41, 5.74) is 12.1. The highest BCUT2D eigenvalue weighted by atomic mass is 32.1. The Hall–Kier alpha value is -9.41. The summed E-state index contributed by atoms with van der Waals surface area (Å²) < 4.78 is 38.3. The number of anilines is 5. The van der Waals surface area contributed by atoms with Crippen LogP contribution >= 0.6 is 54.0 Å². The summed E-state index contributed by atoms with van der Waals surface area (Å²) in [6.07, 6.45) is 27.4. The van der Waals surface area contributed by atoms with Crippen molar-refractivity contribution < 1.29 is 48.8 Å². The van der Waals surface area contributed by atoms with Crippen molar-refractivity contribution in [2.45, 2.75) is 182 Å². The number of fused-ring (bicyclic) bond motifs is 4. The fraction of sp³-hybridized carbons (Fsp3) is 0.430. The molecule has 4 atom stereocenters. The predicted octanol–water partition coefficient (Wildman–Crippen LogP) is 13.0. The van der Waals surface area contributed by atoms with E-state index in [1.165, 1.54) is 0 Å². The number of nitrogens with one attached hydrogen (secondary N) is 4. The van der Waals surface area contributed by atoms with E-state index in [2.05, 4.69) is 104 Å². The normalized spacial score (nSPS) is 12.1. The lowest BCUT2D eigenvalue weighted by Gasteiger charge is -2.20. The van der Waals surface area contributed by atoms with Crippen molar-refractivity contribution in [3.8, 4) is 34.5 Å². The number of ether oxygens (including phenoxy) is 6. The van der Waals surface area contributed by atoms with E-state index < -0.39 is 0 Å². The van der Waals surface area contributed by atoms with E-state index >= 15 is 0 Å². The summed E-state index contributed by atoms with van der Waals surface area (Å²) in [6.45, 7) is 16.1. The van der Waals surface area contributed by atoms with Crippen molar-refractivity contribution >= 4 is 105 Å². The first-order valence-electron chi connectivity index (χ1n) is 37.0. The lowest BCUT2D eigenvalue weighted by atomic mass is 10.1. The first kappa shape index (κ1) is 92.2. The number of aliphatic hydroxyl groups excluding tert-OH is 4. The number of para-hydroxylation sites is 1. The molecule has 1 aliphatic heterocycles. The molecule has 28 nitrogen and oxygen atoms in total. The maximum absolute atomic E-state index is 9.63. The zero-order chi connectivity index (χ0) is 75.5. The number of aliphatic hydroxyl groups is 4. The SMILES string of the molecule is CCCC[C@@H](CCO)Nc1nc(C)ncc1OCc1cn2ccccc2n1.CCCC[C@@H](CO)Nc1nc(C)ncc1OCc1ccc2ccccc2n1.CCC[C@@H](CCO)Nc1nc(C)ncc1OCc1cn2ccccc2n1.CCC[C@@H](CO)Nc1nc(N)ncc1OCCCc1ccc2c(c1)OCO2.S.S.S.S. The van der Waals surface area contributed by atoms with Gasteiger partial charge in [-0.2, -0.15) is 59.0 Å². The smallest absolute Gasteiger partial charge is 0.231 e. The highest BCUT2D eigenvalue weighted by Crippen LogP contribution is 2.34. The summed E-state index contributed by atoms with van der Waals surface area (Å²) in [6, 6.07) is 29.9. The van der Waals surface area contributed by atoms with Gasteiger partial charge in [0.2, 0.25) is 12.7 Å². The number of aromatic nitrogens is 13. The number of hydrogen-bond donors (Lipinski definition) is 9. The predicted molar refractivity (Wildman–Crippen MR) is 456 cm³/mol. The van der Waals surface area contributed by atoms with Crippen LogP contribution in [0.25, 0.3) is 22.2 Å². The van der Waals surface area contributed by atoms with Crippen LogP contribution in [0, 0.1) is 20.8 Å². The molecule has 0 bridgehead atoms. The fourth-order valence-electron chi connectivity index (χ4n) is 11.6. The molecule has 602 valence electrons. The van der Waals surface area contributed by atoms with Gasteiger partial charge >= 0.3 is 0 Å². The van der Waals surface area contributed by atoms with E-state index in [-0.39, 0.29) is 117 Å². The van der Waals surface area contributed by atoms with Gasteiger partial charge in [-0.3, -0.25) is 0 Å². The summed E-state index contributed by atoms with van der Waals surface area (Å²) in [7, 11) is 0. The third-order valence-corrected chi connectivity index (χ3v) is 17.2. The second-order valence-corrected chi connectivity index (χ2v) is 25.8. The van der Waals surface area contributed by atoms with Crippen molar-refractivity contribution in [1.29, 1.82) is 0 Å². The van der Waals surface area contributed by atoms with Crippen molar-refractivity contribution in [2.75, 3.05) is 66.8 Å². The fourth-order valence-corrected chi connectivity index (χ4v) is 11.6. The zero-order valence-corrected chi connectivity index (χ0v) is 68.5. The molecule has 0 fully saturated rings. The minimum atomic E-state index is -0.0970. The van der Waals surface area contributed by atoms with Gasteiger partial charge in [0.15, 0.2) is 57.8 Å². The molecule has 0 radical (unpaired) electrons. The zero-order valence-electron chi connectivity index (χ0n) is 64.5. The minimum Gasteiger partial charge on any atom is -0.488 e. The number of nitrogens with two attached hydrogens (primary N) is 1. The van der Waals surface area contributed by atoms with Gasteiger partial charge in [0.1, 0.15) is 48.6 Å². The highest BCUT2D eigenvalue weighted by molar-refractivity contribution is 7.59. The number of pyridine rings is 3. The number of benzene rings is 2. The van der Waals surface area contributed by atoms with Gasteiger partial charge in [0.05, 0.1) is 79.3 Å². The molecule has 10 heterocycles. The Labute approximate surface area is 678 Å². The molecule has 0 saturated heterocycles. The monoisotopic (exact) mass is 1600 g/mol. The molecule has 12 rings (SSSR count). The summed E-state index contributed by atoms with van der Waals surface area (Å²) in [5, 5.41) is 52.1. The molecule has 0 amide bonds. The van der Waals surface area contributed by atoms with Gasteiger partial charge in [0.25, 0.3) is 0 Å². The van der Waals surface area contributed by atoms with Crippen LogP contribution in [0.5, 0.6) is 34.5 Å². The van der Waals surface area contributed by atoms with E-state index in [9.17, 15) is 20.4 Å². The summed E-state index contributed by atoms with van der Waals surface area (Å²) >= 11 is 0. The van der Waals surface area contributed by atoms with Crippen LogP contribution < -0.4 is 55.4 Å². The number of imidazole rings is 2. The average Bonchev–Trinajstić information content (AvgIpc) is 1.71. The van der Waals surface area contributed by atoms with E-state index in [1.807, 2.05) is 145 Å². The molecule has 0 unspecified atom stereocenters. The van der Waals surface area contributed by atoms with Crippen molar-refractivity contribution in [3.05, 3.63) is 181 Å². The Morgan fingerprint density at radius 2 is 0.910 bits per heavy atom. The molecule has 0 aliphatic carbocycles. The van der Waals surface area contributed by atoms with E-state index in [4.69, 9.17) is 34.2 Å². The van der Waals surface area contributed by atoms with Crippen LogP contribution in [0.3, 0.4) is 0 Å². The molecule has 11 aromatic rings. The van der Waals surface area contributed by atoms with Crippen LogP contribution in [-0.2, 0) is 26.2 Å². The highest BCUT2D eigenvalue weighted by Gasteiger charge is 2.20. The Morgan fingerprint density at radius 1 is 0.450 bits per heavy atom. The van der Waals surface area contributed by atoms with Crippen LogP contribution in [0.4, 0.5) is 29.2 Å². The number of rotatable bonds is 38. The minimum absolute atomic E-state index is 0. The third kappa shape index (κ3) is 29.7. The van der Waals surface area contributed by atoms with Crippen molar-refractivity contribution in [3.63, 3.8) is 0 Å².